The number of para-hydroxylation sites is 1. The van der Waals surface area contributed by atoms with Crippen LogP contribution in [0.25, 0.3) is 5.69 Å². The van der Waals surface area contributed by atoms with Crippen molar-refractivity contribution in [2.45, 2.75) is 32.5 Å². The molecule has 3 heterocycles. The van der Waals surface area contributed by atoms with Crippen LogP contribution >= 0.6 is 23.2 Å². The fourth-order valence-electron chi connectivity index (χ4n) is 3.51. The van der Waals surface area contributed by atoms with Crippen molar-refractivity contribution >= 4 is 29.1 Å². The first-order valence-corrected chi connectivity index (χ1v) is 10.4. The first-order valence-electron chi connectivity index (χ1n) is 9.61. The Labute approximate surface area is 184 Å². The molecule has 0 saturated carbocycles. The minimum Gasteiger partial charge on any atom is -0.332 e. The fourth-order valence-corrected chi connectivity index (χ4v) is 4.06. The van der Waals surface area contributed by atoms with Crippen LogP contribution in [-0.2, 0) is 6.42 Å². The van der Waals surface area contributed by atoms with Crippen molar-refractivity contribution in [3.05, 3.63) is 70.0 Å². The van der Waals surface area contributed by atoms with Crippen LogP contribution in [0.2, 0.25) is 10.0 Å². The second kappa shape index (κ2) is 8.69. The van der Waals surface area contributed by atoms with Crippen LogP contribution in [0.15, 0.2) is 42.7 Å². The van der Waals surface area contributed by atoms with Crippen LogP contribution < -0.4 is 16.2 Å². The van der Waals surface area contributed by atoms with Crippen LogP contribution in [0.4, 0.5) is 0 Å². The average Bonchev–Trinajstić information content (AvgIpc) is 3.33. The standard InChI is InChI=1S/C20H21Cl2N7O/c1-3-15-24-19(28-29(15)17-13(21)5-4-6-14(17)22)20(30)25-18-11(2)16(26-27-18)12-7-9-23-10-8-12/h4-11,16,18,26-27H,3H2,1-2H3,(H,25,30). The number of hydrogen-bond donors (Lipinski definition) is 3. The smallest absolute Gasteiger partial charge is 0.292 e. The number of carbonyl (C=O) groups is 1. The van der Waals surface area contributed by atoms with Crippen LogP contribution in [0.5, 0.6) is 0 Å². The number of aromatic nitrogens is 4. The normalized spacial score (nSPS) is 21.0. The fraction of sp³-hybridized carbons (Fsp3) is 0.300. The maximum atomic E-state index is 12.9. The molecule has 1 aliphatic rings. The van der Waals surface area contributed by atoms with Crippen molar-refractivity contribution in [2.75, 3.05) is 0 Å². The lowest BCUT2D eigenvalue weighted by Crippen LogP contribution is -2.46. The highest BCUT2D eigenvalue weighted by molar-refractivity contribution is 6.37. The molecule has 0 bridgehead atoms. The van der Waals surface area contributed by atoms with E-state index in [-0.39, 0.29) is 29.9 Å². The number of hydrazine groups is 1. The molecule has 30 heavy (non-hydrogen) atoms. The second-order valence-electron chi connectivity index (χ2n) is 7.04. The Kier molecular flexibility index (Phi) is 6.01. The van der Waals surface area contributed by atoms with Gasteiger partial charge in [-0.15, -0.1) is 5.10 Å². The number of aryl methyl sites for hydroxylation is 1. The quantitative estimate of drug-likeness (QED) is 0.558. The van der Waals surface area contributed by atoms with Gasteiger partial charge in [0.05, 0.1) is 22.3 Å². The third kappa shape index (κ3) is 3.91. The van der Waals surface area contributed by atoms with Crippen LogP contribution in [0.1, 0.15) is 41.9 Å². The number of amides is 1. The summed E-state index contributed by atoms with van der Waals surface area (Å²) in [6, 6.07) is 9.13. The van der Waals surface area contributed by atoms with E-state index in [1.165, 1.54) is 4.68 Å². The summed E-state index contributed by atoms with van der Waals surface area (Å²) >= 11 is 12.6. The van der Waals surface area contributed by atoms with E-state index >= 15 is 0 Å². The number of pyridine rings is 1. The molecule has 4 rings (SSSR count). The molecule has 10 heteroatoms. The average molecular weight is 446 g/mol. The van der Waals surface area contributed by atoms with E-state index in [9.17, 15) is 4.79 Å². The molecule has 8 nitrogen and oxygen atoms in total. The number of nitrogens with zero attached hydrogens (tertiary/aromatic N) is 4. The van der Waals surface area contributed by atoms with Gasteiger partial charge in [0.25, 0.3) is 5.91 Å². The van der Waals surface area contributed by atoms with Gasteiger partial charge in [-0.3, -0.25) is 9.78 Å². The second-order valence-corrected chi connectivity index (χ2v) is 7.86. The molecular weight excluding hydrogens is 425 g/mol. The maximum Gasteiger partial charge on any atom is 0.292 e. The van der Waals surface area contributed by atoms with Crippen molar-refractivity contribution < 1.29 is 4.79 Å². The molecule has 1 aliphatic heterocycles. The molecule has 3 aromatic rings. The highest BCUT2D eigenvalue weighted by Gasteiger charge is 2.35. The summed E-state index contributed by atoms with van der Waals surface area (Å²) in [6.45, 7) is 3.98. The molecule has 0 aliphatic carbocycles. The minimum atomic E-state index is -0.381. The van der Waals surface area contributed by atoms with E-state index in [2.05, 4.69) is 38.2 Å². The number of hydrogen-bond acceptors (Lipinski definition) is 6. The molecule has 156 valence electrons. The molecule has 3 atom stereocenters. The summed E-state index contributed by atoms with van der Waals surface area (Å²) in [5.41, 5.74) is 7.96. The van der Waals surface area contributed by atoms with Crippen molar-refractivity contribution in [1.29, 1.82) is 0 Å². The van der Waals surface area contributed by atoms with Gasteiger partial charge >= 0.3 is 0 Å². The molecular formula is C20H21Cl2N7O. The van der Waals surface area contributed by atoms with Gasteiger partial charge in [0, 0.05) is 24.7 Å². The highest BCUT2D eigenvalue weighted by Crippen LogP contribution is 2.29. The zero-order valence-electron chi connectivity index (χ0n) is 16.4. The Morgan fingerprint density at radius 1 is 1.17 bits per heavy atom. The molecule has 1 saturated heterocycles. The van der Waals surface area contributed by atoms with Crippen molar-refractivity contribution in [2.24, 2.45) is 5.92 Å². The summed E-state index contributed by atoms with van der Waals surface area (Å²) in [5, 5.41) is 8.21. The lowest BCUT2D eigenvalue weighted by molar-refractivity contribution is 0.0912. The Balaban J connectivity index is 1.54. The largest absolute Gasteiger partial charge is 0.332 e. The van der Waals surface area contributed by atoms with Crippen LogP contribution in [-0.4, -0.2) is 31.8 Å². The number of rotatable bonds is 5. The predicted octanol–water partition coefficient (Wildman–Crippen LogP) is 3.07. The molecule has 2 aromatic heterocycles. The van der Waals surface area contributed by atoms with Crippen molar-refractivity contribution in [1.82, 2.24) is 35.9 Å². The molecule has 1 aromatic carbocycles. The molecule has 1 fully saturated rings. The zero-order valence-corrected chi connectivity index (χ0v) is 17.9. The van der Waals surface area contributed by atoms with Gasteiger partial charge in [-0.25, -0.2) is 20.5 Å². The number of benzene rings is 1. The monoisotopic (exact) mass is 445 g/mol. The lowest BCUT2D eigenvalue weighted by atomic mass is 9.95. The van der Waals surface area contributed by atoms with Gasteiger partial charge in [-0.1, -0.05) is 43.1 Å². The molecule has 0 radical (unpaired) electrons. The predicted molar refractivity (Wildman–Crippen MR) is 114 cm³/mol. The number of nitrogens with one attached hydrogen (secondary N) is 3. The Morgan fingerprint density at radius 2 is 1.87 bits per heavy atom. The minimum absolute atomic E-state index is 0.0388. The Morgan fingerprint density at radius 3 is 2.53 bits per heavy atom. The van der Waals surface area contributed by atoms with E-state index in [4.69, 9.17) is 23.2 Å². The van der Waals surface area contributed by atoms with Gasteiger partial charge in [0.2, 0.25) is 5.82 Å². The van der Waals surface area contributed by atoms with E-state index < -0.39 is 0 Å². The molecule has 3 unspecified atom stereocenters. The third-order valence-corrected chi connectivity index (χ3v) is 5.75. The lowest BCUT2D eigenvalue weighted by Gasteiger charge is -2.19. The number of halogens is 2. The van der Waals surface area contributed by atoms with Gasteiger partial charge in [-0.05, 0) is 29.8 Å². The Bertz CT molecular complexity index is 1040. The van der Waals surface area contributed by atoms with E-state index in [0.717, 1.165) is 5.56 Å². The SMILES string of the molecule is CCc1nc(C(=O)NC2NNC(c3ccncc3)C2C)nn1-c1c(Cl)cccc1Cl. The first-order chi connectivity index (χ1) is 14.5. The van der Waals surface area contributed by atoms with E-state index in [1.54, 1.807) is 30.6 Å². The topological polar surface area (TPSA) is 96.8 Å². The zero-order chi connectivity index (χ0) is 21.3. The number of carbonyl (C=O) groups excluding carboxylic acids is 1. The van der Waals surface area contributed by atoms with Gasteiger partial charge in [0.15, 0.2) is 0 Å². The molecule has 0 spiro atoms. The highest BCUT2D eigenvalue weighted by atomic mass is 35.5. The summed E-state index contributed by atoms with van der Waals surface area (Å²) < 4.78 is 1.53. The van der Waals surface area contributed by atoms with Gasteiger partial charge < -0.3 is 5.32 Å². The van der Waals surface area contributed by atoms with Crippen molar-refractivity contribution in [3.63, 3.8) is 0 Å². The summed E-state index contributed by atoms with van der Waals surface area (Å²) in [6.07, 6.45) is 3.76. The Hall–Kier alpha value is -2.52. The van der Waals surface area contributed by atoms with Crippen molar-refractivity contribution in [3.8, 4) is 5.69 Å². The van der Waals surface area contributed by atoms with Gasteiger partial charge in [0.1, 0.15) is 11.5 Å². The molecule has 3 N–H and O–H groups in total. The van der Waals surface area contributed by atoms with Crippen LogP contribution in [0.3, 0.4) is 0 Å². The maximum absolute atomic E-state index is 12.9. The summed E-state index contributed by atoms with van der Waals surface area (Å²) in [4.78, 5) is 21.3. The summed E-state index contributed by atoms with van der Waals surface area (Å²) in [5.74, 6) is 0.356. The third-order valence-electron chi connectivity index (χ3n) is 5.14. The summed E-state index contributed by atoms with van der Waals surface area (Å²) in [7, 11) is 0. The molecule has 1 amide bonds. The van der Waals surface area contributed by atoms with E-state index in [1.807, 2.05) is 19.1 Å². The van der Waals surface area contributed by atoms with E-state index in [0.29, 0.717) is 28.0 Å². The van der Waals surface area contributed by atoms with Crippen LogP contribution in [0, 0.1) is 5.92 Å². The van der Waals surface area contributed by atoms with Gasteiger partial charge in [-0.2, -0.15) is 0 Å². The first kappa shape index (κ1) is 20.7.